The average Bonchev–Trinajstić information content (AvgIpc) is 2.08. The summed E-state index contributed by atoms with van der Waals surface area (Å²) in [6, 6.07) is 0. The Morgan fingerprint density at radius 1 is 0.615 bits per heavy atom. The van der Waals surface area contributed by atoms with Gasteiger partial charge in [-0.3, -0.25) is 0 Å². The van der Waals surface area contributed by atoms with Crippen molar-refractivity contribution in [2.24, 2.45) is 0 Å². The summed E-state index contributed by atoms with van der Waals surface area (Å²) >= 11 is 16.3. The van der Waals surface area contributed by atoms with Crippen molar-refractivity contribution in [3.8, 4) is 0 Å². The molecule has 0 bridgehead atoms. The largest absolute Gasteiger partial charge is 0.141 e. The Morgan fingerprint density at radius 2 is 0.846 bits per heavy atom. The molecule has 1 rings (SSSR count). The van der Waals surface area contributed by atoms with Gasteiger partial charge in [-0.05, 0) is 113 Å². The van der Waals surface area contributed by atoms with Crippen LogP contribution in [-0.4, -0.2) is 0 Å². The Bertz CT molecular complexity index is 235. The third-order valence-corrected chi connectivity index (χ3v) is 12.0. The molecule has 0 nitrogen and oxygen atoms in total. The van der Waals surface area contributed by atoms with Crippen molar-refractivity contribution in [1.82, 2.24) is 0 Å². The SMILES string of the molecule is Sc1c(I)c(I)c(I)c(I)c1I.[Zn]. The minimum Gasteiger partial charge on any atom is -0.141 e. The van der Waals surface area contributed by atoms with Crippen LogP contribution in [0.1, 0.15) is 0 Å². The molecule has 0 radical (unpaired) electrons. The van der Waals surface area contributed by atoms with Crippen LogP contribution in [0.4, 0.5) is 0 Å². The molecule has 13 heavy (non-hydrogen) atoms. The van der Waals surface area contributed by atoms with Crippen LogP contribution in [0, 0.1) is 17.9 Å². The second kappa shape index (κ2) is 7.32. The van der Waals surface area contributed by atoms with Crippen LogP contribution < -0.4 is 0 Å². The van der Waals surface area contributed by atoms with E-state index in [4.69, 9.17) is 0 Å². The third-order valence-electron chi connectivity index (χ3n) is 1.19. The Kier molecular flexibility index (Phi) is 9.48. The number of thiol groups is 1. The third kappa shape index (κ3) is 3.92. The van der Waals surface area contributed by atoms with Crippen LogP contribution in [-0.2, 0) is 19.5 Å². The van der Waals surface area contributed by atoms with E-state index in [0.29, 0.717) is 0 Å². The van der Waals surface area contributed by atoms with Crippen molar-refractivity contribution >= 4 is 126 Å². The zero-order valence-corrected chi connectivity index (χ0v) is 20.7. The molecule has 0 aromatic heterocycles. The van der Waals surface area contributed by atoms with Crippen LogP contribution in [0.2, 0.25) is 0 Å². The van der Waals surface area contributed by atoms with Gasteiger partial charge in [-0.25, -0.2) is 0 Å². The van der Waals surface area contributed by atoms with Crippen LogP contribution >= 0.6 is 126 Å². The van der Waals surface area contributed by atoms with E-state index in [2.05, 4.69) is 126 Å². The summed E-state index contributed by atoms with van der Waals surface area (Å²) in [4.78, 5) is 1.10. The molecule has 0 aliphatic rings. The van der Waals surface area contributed by atoms with E-state index in [1.807, 2.05) is 0 Å². The fourth-order valence-electron chi connectivity index (χ4n) is 0.593. The summed E-state index contributed by atoms with van der Waals surface area (Å²) in [5.74, 6) is 0. The van der Waals surface area contributed by atoms with E-state index < -0.39 is 0 Å². The van der Waals surface area contributed by atoms with E-state index >= 15 is 0 Å². The van der Waals surface area contributed by atoms with Crippen molar-refractivity contribution in [2.45, 2.75) is 4.90 Å². The van der Waals surface area contributed by atoms with Gasteiger partial charge in [0.1, 0.15) is 0 Å². The second-order valence-corrected chi connectivity index (χ2v) is 7.76. The van der Waals surface area contributed by atoms with E-state index in [1.54, 1.807) is 0 Å². The molecule has 0 N–H and O–H groups in total. The molecule has 0 unspecified atom stereocenters. The van der Waals surface area contributed by atoms with Crippen molar-refractivity contribution in [1.29, 1.82) is 0 Å². The smallest absolute Gasteiger partial charge is 0.0420 e. The number of rotatable bonds is 0. The maximum atomic E-state index is 4.47. The molecule has 1 aromatic carbocycles. The van der Waals surface area contributed by atoms with Gasteiger partial charge in [0, 0.05) is 42.2 Å². The van der Waals surface area contributed by atoms with Gasteiger partial charge >= 0.3 is 0 Å². The van der Waals surface area contributed by atoms with Gasteiger partial charge in [0.2, 0.25) is 0 Å². The number of hydrogen-bond acceptors (Lipinski definition) is 1. The van der Waals surface area contributed by atoms with Gasteiger partial charge in [-0.15, -0.1) is 12.6 Å². The molecular weight excluding hydrogens is 804 g/mol. The first kappa shape index (κ1) is 16.8. The second-order valence-electron chi connectivity index (χ2n) is 1.92. The molecule has 0 saturated carbocycles. The number of halogens is 5. The molecule has 0 saturated heterocycles. The molecule has 0 aliphatic carbocycles. The molecule has 1 aromatic rings. The van der Waals surface area contributed by atoms with E-state index in [1.165, 1.54) is 17.9 Å². The number of hydrogen-bond donors (Lipinski definition) is 1. The average molecular weight is 805 g/mol. The first-order valence-corrected chi connectivity index (χ1v) is 8.51. The van der Waals surface area contributed by atoms with E-state index in [-0.39, 0.29) is 19.5 Å². The monoisotopic (exact) mass is 803 g/mol. The fraction of sp³-hybridized carbons (Fsp3) is 0. The van der Waals surface area contributed by atoms with Gasteiger partial charge in [0.05, 0.1) is 0 Å². The molecule has 68 valence electrons. The first-order valence-electron chi connectivity index (χ1n) is 2.67. The van der Waals surface area contributed by atoms with Crippen LogP contribution in [0.25, 0.3) is 0 Å². The molecule has 0 heterocycles. The standard InChI is InChI=1S/C6HI5S.Zn/c7-1-2(8)4(10)6(12)5(11)3(1)9;/h12H;. The summed E-state index contributed by atoms with van der Waals surface area (Å²) in [6.45, 7) is 0. The van der Waals surface area contributed by atoms with Crippen molar-refractivity contribution in [3.05, 3.63) is 17.9 Å². The fourth-order valence-corrected chi connectivity index (χ4v) is 6.00. The van der Waals surface area contributed by atoms with Crippen molar-refractivity contribution in [3.63, 3.8) is 0 Å². The zero-order valence-electron chi connectivity index (χ0n) is 6.04. The van der Waals surface area contributed by atoms with E-state index in [0.717, 1.165) is 4.90 Å². The topological polar surface area (TPSA) is 0 Å². The molecular formula is C6HI5SZn. The maximum absolute atomic E-state index is 4.47. The van der Waals surface area contributed by atoms with Crippen LogP contribution in [0.3, 0.4) is 0 Å². The maximum Gasteiger partial charge on any atom is 0.0420 e. The molecule has 0 aliphatic heterocycles. The minimum absolute atomic E-state index is 0. The predicted octanol–water partition coefficient (Wildman–Crippen LogP) is 5.00. The first-order chi connectivity index (χ1) is 5.46. The normalized spacial score (nSPS) is 9.69. The number of benzene rings is 1. The van der Waals surface area contributed by atoms with Crippen molar-refractivity contribution < 1.29 is 19.5 Å². The Balaban J connectivity index is 0.00000144. The quantitative estimate of drug-likeness (QED) is 0.124. The Morgan fingerprint density at radius 3 is 1.15 bits per heavy atom. The Labute approximate surface area is 164 Å². The van der Waals surface area contributed by atoms with Crippen molar-refractivity contribution in [2.75, 3.05) is 0 Å². The Hall–Kier alpha value is 3.84. The summed E-state index contributed by atoms with van der Waals surface area (Å²) in [5, 5.41) is 0. The minimum atomic E-state index is 0. The predicted molar refractivity (Wildman–Crippen MR) is 97.3 cm³/mol. The van der Waals surface area contributed by atoms with Gasteiger partial charge in [0.25, 0.3) is 0 Å². The van der Waals surface area contributed by atoms with Crippen LogP contribution in [0.5, 0.6) is 0 Å². The summed E-state index contributed by atoms with van der Waals surface area (Å²) in [5.41, 5.74) is 0. The molecule has 0 atom stereocenters. The van der Waals surface area contributed by atoms with Gasteiger partial charge in [0.15, 0.2) is 0 Å². The molecule has 0 amide bonds. The summed E-state index contributed by atoms with van der Waals surface area (Å²) in [7, 11) is 0. The molecule has 7 heteroatoms. The molecule has 0 spiro atoms. The van der Waals surface area contributed by atoms with E-state index in [9.17, 15) is 0 Å². The summed E-state index contributed by atoms with van der Waals surface area (Å²) in [6.07, 6.45) is 0. The molecule has 0 fully saturated rings. The zero-order chi connectivity index (χ0) is 9.46. The summed E-state index contributed by atoms with van der Waals surface area (Å²) < 4.78 is 6.46. The van der Waals surface area contributed by atoms with Gasteiger partial charge < -0.3 is 0 Å². The van der Waals surface area contributed by atoms with Gasteiger partial charge in [-0.2, -0.15) is 0 Å². The van der Waals surface area contributed by atoms with Gasteiger partial charge in [-0.1, -0.05) is 0 Å². The van der Waals surface area contributed by atoms with Crippen LogP contribution in [0.15, 0.2) is 4.90 Å².